The molecule has 2 nitrogen and oxygen atoms in total. The highest BCUT2D eigenvalue weighted by Gasteiger charge is 2.25. The maximum absolute atomic E-state index is 4.16. The molecule has 0 aromatic carbocycles. The third kappa shape index (κ3) is 4.25. The first-order valence-electron chi connectivity index (χ1n) is 5.65. The molecule has 0 aliphatic carbocycles. The van der Waals surface area contributed by atoms with Gasteiger partial charge in [-0.05, 0) is 25.8 Å². The Hall–Kier alpha value is -0.340. The van der Waals surface area contributed by atoms with Gasteiger partial charge in [0.1, 0.15) is 0 Å². The Morgan fingerprint density at radius 1 is 0.929 bits per heavy atom. The maximum atomic E-state index is 4.16. The van der Waals surface area contributed by atoms with E-state index < -0.39 is 0 Å². The van der Waals surface area contributed by atoms with E-state index >= 15 is 0 Å². The highest BCUT2D eigenvalue weighted by atomic mass is 16.0. The third-order valence-corrected chi connectivity index (χ3v) is 2.76. The van der Waals surface area contributed by atoms with Gasteiger partial charge in [-0.1, -0.05) is 20.8 Å². The molecule has 0 rings (SSSR count). The van der Waals surface area contributed by atoms with Crippen LogP contribution < -0.4 is 0 Å². The Labute approximate surface area is 89.5 Å². The fraction of sp³-hybridized carbons (Fsp3) is 0.833. The van der Waals surface area contributed by atoms with Gasteiger partial charge in [-0.2, -0.15) is 0 Å². The summed E-state index contributed by atoms with van der Waals surface area (Å²) >= 11 is 0. The van der Waals surface area contributed by atoms with Crippen molar-refractivity contribution in [2.75, 3.05) is 19.6 Å². The molecule has 0 atom stereocenters. The summed E-state index contributed by atoms with van der Waals surface area (Å²) in [6.07, 6.45) is 3.77. The maximum Gasteiger partial charge on any atom is 0.0984 e. The molecule has 0 saturated heterocycles. The summed E-state index contributed by atoms with van der Waals surface area (Å²) in [4.78, 5) is 0. The van der Waals surface area contributed by atoms with Crippen LogP contribution in [-0.4, -0.2) is 29.6 Å². The minimum Gasteiger partial charge on any atom is -0.870 e. The fourth-order valence-corrected chi connectivity index (χ4v) is 2.19. The average molecular weight is 201 g/mol. The van der Waals surface area contributed by atoms with Gasteiger partial charge in [0.25, 0.3) is 0 Å². The van der Waals surface area contributed by atoms with Gasteiger partial charge in [0.05, 0.1) is 25.3 Å². The van der Waals surface area contributed by atoms with E-state index in [1.165, 1.54) is 44.6 Å². The van der Waals surface area contributed by atoms with Crippen molar-refractivity contribution in [3.8, 4) is 0 Å². The summed E-state index contributed by atoms with van der Waals surface area (Å²) in [6, 6.07) is 0. The second-order valence-corrected chi connectivity index (χ2v) is 4.05. The number of rotatable bonds is 7. The van der Waals surface area contributed by atoms with Crippen LogP contribution >= 0.6 is 0 Å². The van der Waals surface area contributed by atoms with E-state index in [-0.39, 0.29) is 5.48 Å². The van der Waals surface area contributed by atoms with E-state index in [0.717, 1.165) is 4.48 Å². The first-order chi connectivity index (χ1) is 6.13. The Bertz CT molecular complexity index is 137. The van der Waals surface area contributed by atoms with Crippen molar-refractivity contribution in [2.45, 2.75) is 47.0 Å². The SMILES string of the molecule is C=C(C)[N+](CCC)(CCC)CCC.[OH-]. The Morgan fingerprint density at radius 3 is 1.36 bits per heavy atom. The van der Waals surface area contributed by atoms with E-state index in [1.807, 2.05) is 0 Å². The first-order valence-corrected chi connectivity index (χ1v) is 5.65. The van der Waals surface area contributed by atoms with Gasteiger partial charge in [-0.25, -0.2) is 0 Å². The lowest BCUT2D eigenvalue weighted by molar-refractivity contribution is -0.892. The number of nitrogens with zero attached hydrogens (tertiary/aromatic N) is 1. The number of hydrogen-bond donors (Lipinski definition) is 0. The molecule has 0 amide bonds. The van der Waals surface area contributed by atoms with Crippen LogP contribution in [0.3, 0.4) is 0 Å². The van der Waals surface area contributed by atoms with Gasteiger partial charge in [0.15, 0.2) is 0 Å². The van der Waals surface area contributed by atoms with Crippen molar-refractivity contribution in [3.05, 3.63) is 12.3 Å². The zero-order valence-electron chi connectivity index (χ0n) is 10.3. The minimum atomic E-state index is 0. The lowest BCUT2D eigenvalue weighted by atomic mass is 10.2. The molecule has 1 N–H and O–H groups in total. The van der Waals surface area contributed by atoms with E-state index in [0.29, 0.717) is 0 Å². The summed E-state index contributed by atoms with van der Waals surface area (Å²) < 4.78 is 1.14. The Morgan fingerprint density at radius 2 is 1.21 bits per heavy atom. The van der Waals surface area contributed by atoms with Gasteiger partial charge >= 0.3 is 0 Å². The zero-order valence-corrected chi connectivity index (χ0v) is 10.3. The lowest BCUT2D eigenvalue weighted by Crippen LogP contribution is -2.47. The Balaban J connectivity index is 0. The topological polar surface area (TPSA) is 30.0 Å². The molecule has 0 saturated carbocycles. The molecule has 86 valence electrons. The lowest BCUT2D eigenvalue weighted by Gasteiger charge is -2.38. The molecule has 0 radical (unpaired) electrons. The highest BCUT2D eigenvalue weighted by Crippen LogP contribution is 2.18. The Kier molecular flexibility index (Phi) is 9.21. The van der Waals surface area contributed by atoms with Gasteiger partial charge in [-0.3, -0.25) is 4.48 Å². The second kappa shape index (κ2) is 8.01. The third-order valence-electron chi connectivity index (χ3n) is 2.76. The molecule has 2 heteroatoms. The molecule has 0 aliphatic rings. The monoisotopic (exact) mass is 201 g/mol. The molecule has 0 aromatic heterocycles. The zero-order chi connectivity index (χ0) is 10.3. The summed E-state index contributed by atoms with van der Waals surface area (Å²) in [7, 11) is 0. The number of quaternary nitrogens is 1. The van der Waals surface area contributed by atoms with Crippen LogP contribution in [0.1, 0.15) is 47.0 Å². The van der Waals surface area contributed by atoms with Gasteiger partial charge in [0, 0.05) is 6.92 Å². The molecule has 0 bridgehead atoms. The largest absolute Gasteiger partial charge is 0.870 e. The minimum absolute atomic E-state index is 0. The normalized spacial score (nSPS) is 10.9. The quantitative estimate of drug-likeness (QED) is 0.581. The van der Waals surface area contributed by atoms with Crippen molar-refractivity contribution in [2.24, 2.45) is 0 Å². The first kappa shape index (κ1) is 16.1. The average Bonchev–Trinajstić information content (AvgIpc) is 2.05. The van der Waals surface area contributed by atoms with Crippen LogP contribution in [0.4, 0.5) is 0 Å². The van der Waals surface area contributed by atoms with E-state index in [1.54, 1.807) is 0 Å². The van der Waals surface area contributed by atoms with Gasteiger partial charge < -0.3 is 5.48 Å². The molecule has 0 fully saturated rings. The van der Waals surface area contributed by atoms with Crippen molar-refractivity contribution < 1.29 is 9.96 Å². The summed E-state index contributed by atoms with van der Waals surface area (Å²) in [5, 5.41) is 0. The van der Waals surface area contributed by atoms with E-state index in [2.05, 4.69) is 34.3 Å². The van der Waals surface area contributed by atoms with E-state index in [9.17, 15) is 0 Å². The van der Waals surface area contributed by atoms with Crippen molar-refractivity contribution in [1.82, 2.24) is 0 Å². The molecule has 0 unspecified atom stereocenters. The highest BCUT2D eigenvalue weighted by molar-refractivity contribution is 4.77. The van der Waals surface area contributed by atoms with Gasteiger partial charge in [0.2, 0.25) is 0 Å². The summed E-state index contributed by atoms with van der Waals surface area (Å²) in [6.45, 7) is 16.9. The summed E-state index contributed by atoms with van der Waals surface area (Å²) in [5.41, 5.74) is 1.34. The molecule has 14 heavy (non-hydrogen) atoms. The van der Waals surface area contributed by atoms with Crippen molar-refractivity contribution in [1.29, 1.82) is 0 Å². The van der Waals surface area contributed by atoms with Crippen molar-refractivity contribution in [3.63, 3.8) is 0 Å². The molecular weight excluding hydrogens is 174 g/mol. The van der Waals surface area contributed by atoms with Gasteiger partial charge in [-0.15, -0.1) is 0 Å². The fourth-order valence-electron chi connectivity index (χ4n) is 2.19. The van der Waals surface area contributed by atoms with Crippen LogP contribution in [0.2, 0.25) is 0 Å². The number of allylic oxidation sites excluding steroid dienone is 1. The van der Waals surface area contributed by atoms with Crippen LogP contribution in [0.5, 0.6) is 0 Å². The molecular formula is C12H27NO. The van der Waals surface area contributed by atoms with Crippen LogP contribution in [0.25, 0.3) is 0 Å². The number of hydrogen-bond acceptors (Lipinski definition) is 1. The van der Waals surface area contributed by atoms with Crippen LogP contribution in [0, 0.1) is 0 Å². The standard InChI is InChI=1S/C12H26N.H2O/c1-6-9-13(10-7-2,11-8-3)12(4)5;/h4,6-11H2,1-3,5H3;1H2/q+1;/p-1. The van der Waals surface area contributed by atoms with Crippen LogP contribution in [0.15, 0.2) is 12.3 Å². The van der Waals surface area contributed by atoms with E-state index in [4.69, 9.17) is 0 Å². The predicted molar refractivity (Wildman–Crippen MR) is 62.5 cm³/mol. The predicted octanol–water partition coefficient (Wildman–Crippen LogP) is 3.39. The van der Waals surface area contributed by atoms with Crippen LogP contribution in [-0.2, 0) is 0 Å². The van der Waals surface area contributed by atoms with Crippen molar-refractivity contribution >= 4 is 0 Å². The smallest absolute Gasteiger partial charge is 0.0984 e. The molecule has 0 spiro atoms. The molecule has 0 aromatic rings. The second-order valence-electron chi connectivity index (χ2n) is 4.05. The molecule has 0 heterocycles. The summed E-state index contributed by atoms with van der Waals surface area (Å²) in [5.74, 6) is 0. The molecule has 0 aliphatic heterocycles.